The lowest BCUT2D eigenvalue weighted by Gasteiger charge is -2.23. The summed E-state index contributed by atoms with van der Waals surface area (Å²) in [5.41, 5.74) is 1.98. The lowest BCUT2D eigenvalue weighted by atomic mass is 10.0. The van der Waals surface area contributed by atoms with Crippen LogP contribution < -0.4 is 5.32 Å². The number of rotatable bonds is 5. The van der Waals surface area contributed by atoms with Gasteiger partial charge in [-0.2, -0.15) is 0 Å². The molecule has 0 bridgehead atoms. The first-order valence-electron chi connectivity index (χ1n) is 7.27. The normalized spacial score (nSPS) is 14.4. The van der Waals surface area contributed by atoms with E-state index in [2.05, 4.69) is 5.32 Å². The number of para-hydroxylation sites is 1. The largest absolute Gasteiger partial charge is 0.468 e. The van der Waals surface area contributed by atoms with Gasteiger partial charge in [-0.15, -0.1) is 0 Å². The molecule has 0 saturated carbocycles. The number of hydrogen-bond acceptors (Lipinski definition) is 4. The van der Waals surface area contributed by atoms with E-state index in [1.54, 1.807) is 0 Å². The number of methoxy groups -OCH3 is 1. The van der Waals surface area contributed by atoms with Gasteiger partial charge in [0.1, 0.15) is 17.4 Å². The zero-order valence-corrected chi connectivity index (χ0v) is 13.3. The van der Waals surface area contributed by atoms with E-state index >= 15 is 0 Å². The maximum absolute atomic E-state index is 11.9. The standard InChI is InChI=1S/C17H23NO3/c1-10(2)15(17(19)20-5)18-12(4)16-11(3)13-8-6-7-9-14(13)21-16/h6-10,12,15,18H,1-5H3. The van der Waals surface area contributed by atoms with Crippen LogP contribution in [0.4, 0.5) is 0 Å². The molecular weight excluding hydrogens is 266 g/mol. The first-order chi connectivity index (χ1) is 9.95. The van der Waals surface area contributed by atoms with E-state index in [0.717, 1.165) is 22.3 Å². The van der Waals surface area contributed by atoms with E-state index in [4.69, 9.17) is 9.15 Å². The van der Waals surface area contributed by atoms with Crippen LogP contribution in [0.3, 0.4) is 0 Å². The fourth-order valence-corrected chi connectivity index (χ4v) is 2.61. The van der Waals surface area contributed by atoms with Crippen LogP contribution in [-0.2, 0) is 9.53 Å². The second kappa shape index (κ2) is 6.31. The van der Waals surface area contributed by atoms with Gasteiger partial charge in [0.2, 0.25) is 0 Å². The predicted octanol–water partition coefficient (Wildman–Crippen LogP) is 3.59. The molecule has 1 aromatic heterocycles. The number of furan rings is 1. The van der Waals surface area contributed by atoms with Crippen molar-refractivity contribution in [3.05, 3.63) is 35.6 Å². The van der Waals surface area contributed by atoms with Crippen molar-refractivity contribution >= 4 is 16.9 Å². The molecular formula is C17H23NO3. The zero-order valence-electron chi connectivity index (χ0n) is 13.3. The number of esters is 1. The minimum absolute atomic E-state index is 0.0658. The highest BCUT2D eigenvalue weighted by Gasteiger charge is 2.27. The topological polar surface area (TPSA) is 51.5 Å². The molecule has 2 atom stereocenters. The Bertz CT molecular complexity index is 630. The van der Waals surface area contributed by atoms with Gasteiger partial charge in [-0.25, -0.2) is 0 Å². The van der Waals surface area contributed by atoms with Crippen molar-refractivity contribution in [2.24, 2.45) is 5.92 Å². The molecule has 1 heterocycles. The minimum Gasteiger partial charge on any atom is -0.468 e. The summed E-state index contributed by atoms with van der Waals surface area (Å²) in [6.45, 7) is 8.03. The third-order valence-electron chi connectivity index (χ3n) is 3.83. The Balaban J connectivity index is 2.27. The predicted molar refractivity (Wildman–Crippen MR) is 83.1 cm³/mol. The Labute approximate surface area is 125 Å². The van der Waals surface area contributed by atoms with Crippen molar-refractivity contribution in [2.45, 2.75) is 39.8 Å². The SMILES string of the molecule is COC(=O)C(NC(C)c1oc2ccccc2c1C)C(C)C. The first-order valence-corrected chi connectivity index (χ1v) is 7.27. The van der Waals surface area contributed by atoms with Gasteiger partial charge in [-0.3, -0.25) is 10.1 Å². The van der Waals surface area contributed by atoms with Crippen LogP contribution >= 0.6 is 0 Å². The van der Waals surface area contributed by atoms with Gasteiger partial charge < -0.3 is 9.15 Å². The maximum atomic E-state index is 11.9. The highest BCUT2D eigenvalue weighted by atomic mass is 16.5. The summed E-state index contributed by atoms with van der Waals surface area (Å²) in [5.74, 6) is 0.765. The summed E-state index contributed by atoms with van der Waals surface area (Å²) < 4.78 is 10.8. The van der Waals surface area contributed by atoms with Crippen LogP contribution in [0.1, 0.15) is 38.1 Å². The quantitative estimate of drug-likeness (QED) is 0.855. The number of carbonyl (C=O) groups is 1. The molecule has 0 spiro atoms. The molecule has 0 saturated heterocycles. The van der Waals surface area contributed by atoms with E-state index < -0.39 is 0 Å². The monoisotopic (exact) mass is 289 g/mol. The lowest BCUT2D eigenvalue weighted by molar-refractivity contribution is -0.144. The lowest BCUT2D eigenvalue weighted by Crippen LogP contribution is -2.43. The average Bonchev–Trinajstić information content (AvgIpc) is 2.81. The molecule has 0 fully saturated rings. The average molecular weight is 289 g/mol. The van der Waals surface area contributed by atoms with Gasteiger partial charge in [0.15, 0.2) is 0 Å². The van der Waals surface area contributed by atoms with Crippen LogP contribution in [-0.4, -0.2) is 19.1 Å². The smallest absolute Gasteiger partial charge is 0.323 e. The fraction of sp³-hybridized carbons (Fsp3) is 0.471. The summed E-state index contributed by atoms with van der Waals surface area (Å²) in [6.07, 6.45) is 0. The van der Waals surface area contributed by atoms with Gasteiger partial charge in [0.05, 0.1) is 13.2 Å². The first kappa shape index (κ1) is 15.6. The molecule has 4 nitrogen and oxygen atoms in total. The minimum atomic E-state index is -0.349. The van der Waals surface area contributed by atoms with E-state index in [0.29, 0.717) is 0 Å². The molecule has 114 valence electrons. The van der Waals surface area contributed by atoms with Gasteiger partial charge in [-0.1, -0.05) is 32.0 Å². The maximum Gasteiger partial charge on any atom is 0.323 e. The Hall–Kier alpha value is -1.81. The molecule has 4 heteroatoms. The van der Waals surface area contributed by atoms with E-state index in [-0.39, 0.29) is 24.0 Å². The molecule has 2 aromatic rings. The number of carbonyl (C=O) groups excluding carboxylic acids is 1. The molecule has 21 heavy (non-hydrogen) atoms. The van der Waals surface area contributed by atoms with Crippen molar-refractivity contribution in [1.82, 2.24) is 5.32 Å². The third kappa shape index (κ3) is 3.10. The zero-order chi connectivity index (χ0) is 15.6. The van der Waals surface area contributed by atoms with E-state index in [1.807, 2.05) is 52.0 Å². The summed E-state index contributed by atoms with van der Waals surface area (Å²) in [5, 5.41) is 4.43. The van der Waals surface area contributed by atoms with Gasteiger partial charge in [0, 0.05) is 5.39 Å². The number of hydrogen-bond donors (Lipinski definition) is 1. The molecule has 2 unspecified atom stereocenters. The van der Waals surface area contributed by atoms with Crippen LogP contribution in [0.25, 0.3) is 11.0 Å². The Morgan fingerprint density at radius 1 is 1.24 bits per heavy atom. The molecule has 2 rings (SSSR count). The van der Waals surface area contributed by atoms with Crippen LogP contribution in [0.2, 0.25) is 0 Å². The van der Waals surface area contributed by atoms with Crippen LogP contribution in [0, 0.1) is 12.8 Å². The van der Waals surface area contributed by atoms with Crippen molar-refractivity contribution < 1.29 is 13.9 Å². The number of aryl methyl sites for hydroxylation is 1. The summed E-state index contributed by atoms with van der Waals surface area (Å²) >= 11 is 0. The molecule has 0 amide bonds. The van der Waals surface area contributed by atoms with Crippen molar-refractivity contribution in [2.75, 3.05) is 7.11 Å². The van der Waals surface area contributed by atoms with Gasteiger partial charge in [-0.05, 0) is 31.4 Å². The number of nitrogens with one attached hydrogen (secondary N) is 1. The van der Waals surface area contributed by atoms with Crippen molar-refractivity contribution in [3.8, 4) is 0 Å². The molecule has 1 aromatic carbocycles. The molecule has 1 N–H and O–H groups in total. The molecule has 0 aliphatic carbocycles. The Kier molecular flexibility index (Phi) is 4.68. The highest BCUT2D eigenvalue weighted by molar-refractivity contribution is 5.82. The molecule has 0 aliphatic heterocycles. The second-order valence-electron chi connectivity index (χ2n) is 5.72. The third-order valence-corrected chi connectivity index (χ3v) is 3.83. The summed E-state index contributed by atoms with van der Waals surface area (Å²) in [4.78, 5) is 11.9. The highest BCUT2D eigenvalue weighted by Crippen LogP contribution is 2.29. The van der Waals surface area contributed by atoms with E-state index in [1.165, 1.54) is 7.11 Å². The fourth-order valence-electron chi connectivity index (χ4n) is 2.61. The number of ether oxygens (including phenoxy) is 1. The van der Waals surface area contributed by atoms with Gasteiger partial charge >= 0.3 is 5.97 Å². The summed E-state index contributed by atoms with van der Waals surface area (Å²) in [6, 6.07) is 7.54. The number of fused-ring (bicyclic) bond motifs is 1. The van der Waals surface area contributed by atoms with Crippen LogP contribution in [0.5, 0.6) is 0 Å². The van der Waals surface area contributed by atoms with Crippen molar-refractivity contribution in [1.29, 1.82) is 0 Å². The Morgan fingerprint density at radius 3 is 2.48 bits per heavy atom. The number of benzene rings is 1. The van der Waals surface area contributed by atoms with E-state index in [9.17, 15) is 4.79 Å². The second-order valence-corrected chi connectivity index (χ2v) is 5.72. The van der Waals surface area contributed by atoms with Gasteiger partial charge in [0.25, 0.3) is 0 Å². The molecule has 0 radical (unpaired) electrons. The Morgan fingerprint density at radius 2 is 1.90 bits per heavy atom. The van der Waals surface area contributed by atoms with Crippen LogP contribution in [0.15, 0.2) is 28.7 Å². The summed E-state index contributed by atoms with van der Waals surface area (Å²) in [7, 11) is 1.41. The van der Waals surface area contributed by atoms with Crippen molar-refractivity contribution in [3.63, 3.8) is 0 Å². The molecule has 0 aliphatic rings.